The Balaban J connectivity index is 1.90. The number of carboxylic acids is 1. The summed E-state index contributed by atoms with van der Waals surface area (Å²) in [6.07, 6.45) is 0.643. The number of nitrogens with zero attached hydrogens (tertiary/aromatic N) is 1. The van der Waals surface area contributed by atoms with E-state index in [2.05, 4.69) is 0 Å². The minimum atomic E-state index is -0.754. The topological polar surface area (TPSA) is 40.5 Å². The van der Waals surface area contributed by atoms with Crippen LogP contribution in [0.15, 0.2) is 42.5 Å². The van der Waals surface area contributed by atoms with Crippen LogP contribution in [-0.2, 0) is 4.79 Å². The van der Waals surface area contributed by atoms with Gasteiger partial charge in [0, 0.05) is 29.4 Å². The van der Waals surface area contributed by atoms with Crippen LogP contribution in [0.5, 0.6) is 0 Å². The summed E-state index contributed by atoms with van der Waals surface area (Å²) in [6, 6.07) is 11.8. The first-order valence-electron chi connectivity index (χ1n) is 7.08. The fourth-order valence-corrected chi connectivity index (χ4v) is 2.98. The van der Waals surface area contributed by atoms with Gasteiger partial charge in [0.05, 0.1) is 5.92 Å². The van der Waals surface area contributed by atoms with Crippen LogP contribution in [0.1, 0.15) is 6.42 Å². The van der Waals surface area contributed by atoms with E-state index in [-0.39, 0.29) is 11.7 Å². The molecule has 0 radical (unpaired) electrons. The molecule has 0 spiro atoms. The van der Waals surface area contributed by atoms with Gasteiger partial charge in [-0.2, -0.15) is 0 Å². The minimum Gasteiger partial charge on any atom is -0.481 e. The Labute approximate surface area is 132 Å². The molecular formula is C17H15ClFNO2. The van der Waals surface area contributed by atoms with Crippen LogP contribution >= 0.6 is 11.6 Å². The second-order valence-corrected chi connectivity index (χ2v) is 5.85. The Morgan fingerprint density at radius 2 is 1.95 bits per heavy atom. The third kappa shape index (κ3) is 2.92. The first-order valence-corrected chi connectivity index (χ1v) is 7.45. The van der Waals surface area contributed by atoms with Gasteiger partial charge >= 0.3 is 5.97 Å². The molecule has 22 heavy (non-hydrogen) atoms. The number of anilines is 1. The van der Waals surface area contributed by atoms with Gasteiger partial charge in [-0.15, -0.1) is 0 Å². The van der Waals surface area contributed by atoms with E-state index in [4.69, 9.17) is 16.7 Å². The molecule has 1 saturated heterocycles. The number of carbonyl (C=O) groups is 1. The van der Waals surface area contributed by atoms with Crippen LogP contribution in [0, 0.1) is 11.7 Å². The highest BCUT2D eigenvalue weighted by Gasteiger charge is 2.28. The quantitative estimate of drug-likeness (QED) is 0.927. The normalized spacial score (nSPS) is 17.7. The molecule has 114 valence electrons. The van der Waals surface area contributed by atoms with Gasteiger partial charge in [-0.3, -0.25) is 4.79 Å². The molecule has 1 atom stereocenters. The highest BCUT2D eigenvalue weighted by atomic mass is 35.5. The van der Waals surface area contributed by atoms with E-state index >= 15 is 0 Å². The van der Waals surface area contributed by atoms with Crippen LogP contribution in [0.3, 0.4) is 0 Å². The number of hydrogen-bond acceptors (Lipinski definition) is 2. The maximum Gasteiger partial charge on any atom is 0.308 e. The second-order valence-electron chi connectivity index (χ2n) is 5.44. The van der Waals surface area contributed by atoms with Crippen molar-refractivity contribution in [1.29, 1.82) is 0 Å². The van der Waals surface area contributed by atoms with Crippen molar-refractivity contribution in [1.82, 2.24) is 0 Å². The number of rotatable bonds is 3. The fraction of sp³-hybridized carbons (Fsp3) is 0.235. The van der Waals surface area contributed by atoms with Gasteiger partial charge in [0.2, 0.25) is 0 Å². The van der Waals surface area contributed by atoms with Crippen molar-refractivity contribution in [2.45, 2.75) is 6.42 Å². The number of carboxylic acid groups (broad SMARTS) is 1. The summed E-state index contributed by atoms with van der Waals surface area (Å²) in [6.45, 7) is 1.21. The Kier molecular flexibility index (Phi) is 4.03. The summed E-state index contributed by atoms with van der Waals surface area (Å²) < 4.78 is 13.0. The summed E-state index contributed by atoms with van der Waals surface area (Å²) in [5.74, 6) is -1.37. The van der Waals surface area contributed by atoms with Crippen molar-refractivity contribution in [2.24, 2.45) is 5.92 Å². The Morgan fingerprint density at radius 1 is 1.23 bits per heavy atom. The average molecular weight is 320 g/mol. The molecule has 5 heteroatoms. The predicted molar refractivity (Wildman–Crippen MR) is 84.8 cm³/mol. The zero-order chi connectivity index (χ0) is 15.7. The molecule has 1 aliphatic rings. The standard InChI is InChI=1S/C17H15ClFNO2/c18-16-6-5-14(20-8-7-12(10-20)17(21)22)9-15(16)11-1-3-13(19)4-2-11/h1-6,9,12H,7-8,10H2,(H,21,22). The van der Waals surface area contributed by atoms with Crippen molar-refractivity contribution < 1.29 is 14.3 Å². The molecule has 2 aromatic carbocycles. The van der Waals surface area contributed by atoms with Gasteiger partial charge in [-0.05, 0) is 42.3 Å². The summed E-state index contributed by atoms with van der Waals surface area (Å²) in [5.41, 5.74) is 2.59. The molecule has 1 fully saturated rings. The lowest BCUT2D eigenvalue weighted by Crippen LogP contribution is -2.22. The van der Waals surface area contributed by atoms with Crippen LogP contribution in [0.2, 0.25) is 5.02 Å². The van der Waals surface area contributed by atoms with Crippen LogP contribution in [0.25, 0.3) is 11.1 Å². The largest absolute Gasteiger partial charge is 0.481 e. The van der Waals surface area contributed by atoms with Gasteiger partial charge in [0.1, 0.15) is 5.82 Å². The van der Waals surface area contributed by atoms with E-state index in [9.17, 15) is 9.18 Å². The SMILES string of the molecule is O=C(O)C1CCN(c2ccc(Cl)c(-c3ccc(F)cc3)c2)C1. The average Bonchev–Trinajstić information content (AvgIpc) is 2.99. The summed E-state index contributed by atoms with van der Waals surface area (Å²) in [4.78, 5) is 13.1. The molecule has 0 aromatic heterocycles. The molecule has 1 N–H and O–H groups in total. The molecular weight excluding hydrogens is 305 g/mol. The van der Waals surface area contributed by atoms with Crippen LogP contribution in [-0.4, -0.2) is 24.2 Å². The Bertz CT molecular complexity index is 702. The highest BCUT2D eigenvalue weighted by molar-refractivity contribution is 6.33. The second kappa shape index (κ2) is 5.97. The number of hydrogen-bond donors (Lipinski definition) is 1. The van der Waals surface area contributed by atoms with Gasteiger partial charge in [-0.25, -0.2) is 4.39 Å². The van der Waals surface area contributed by atoms with Crippen LogP contribution in [0.4, 0.5) is 10.1 Å². The van der Waals surface area contributed by atoms with Gasteiger partial charge in [-0.1, -0.05) is 23.7 Å². The van der Waals surface area contributed by atoms with E-state index in [1.54, 1.807) is 18.2 Å². The fourth-order valence-electron chi connectivity index (χ4n) is 2.76. The summed E-state index contributed by atoms with van der Waals surface area (Å²) in [5, 5.41) is 9.68. The van der Waals surface area contributed by atoms with E-state index in [1.165, 1.54) is 12.1 Å². The third-order valence-electron chi connectivity index (χ3n) is 4.01. The van der Waals surface area contributed by atoms with E-state index in [0.717, 1.165) is 16.8 Å². The smallest absolute Gasteiger partial charge is 0.308 e. The zero-order valence-electron chi connectivity index (χ0n) is 11.8. The summed E-state index contributed by atoms with van der Waals surface area (Å²) >= 11 is 6.25. The molecule has 3 nitrogen and oxygen atoms in total. The number of halogens is 2. The predicted octanol–water partition coefficient (Wildman–Crippen LogP) is 4.06. The molecule has 0 aliphatic carbocycles. The van der Waals surface area contributed by atoms with Gasteiger partial charge < -0.3 is 10.0 Å². The highest BCUT2D eigenvalue weighted by Crippen LogP contribution is 2.33. The third-order valence-corrected chi connectivity index (χ3v) is 4.34. The van der Waals surface area contributed by atoms with E-state index in [0.29, 0.717) is 24.5 Å². The molecule has 0 bridgehead atoms. The molecule has 2 aromatic rings. The maximum atomic E-state index is 13.0. The van der Waals surface area contributed by atoms with Crippen LogP contribution < -0.4 is 4.90 Å². The lowest BCUT2D eigenvalue weighted by molar-refractivity contribution is -0.140. The Hall–Kier alpha value is -2.07. The van der Waals surface area contributed by atoms with Gasteiger partial charge in [0.25, 0.3) is 0 Å². The van der Waals surface area contributed by atoms with Crippen molar-refractivity contribution in [3.63, 3.8) is 0 Å². The van der Waals surface area contributed by atoms with Crippen molar-refractivity contribution in [2.75, 3.05) is 18.0 Å². The lowest BCUT2D eigenvalue weighted by Gasteiger charge is -2.19. The first-order chi connectivity index (χ1) is 10.5. The molecule has 1 heterocycles. The van der Waals surface area contributed by atoms with Gasteiger partial charge in [0.15, 0.2) is 0 Å². The van der Waals surface area contributed by atoms with Crippen molar-refractivity contribution >= 4 is 23.3 Å². The molecule has 0 amide bonds. The monoisotopic (exact) mass is 319 g/mol. The molecule has 1 unspecified atom stereocenters. The Morgan fingerprint density at radius 3 is 2.59 bits per heavy atom. The van der Waals surface area contributed by atoms with E-state index in [1.807, 2.05) is 17.0 Å². The van der Waals surface area contributed by atoms with E-state index < -0.39 is 5.97 Å². The first kappa shape index (κ1) is 14.9. The zero-order valence-corrected chi connectivity index (χ0v) is 12.6. The molecule has 3 rings (SSSR count). The van der Waals surface area contributed by atoms with Crippen molar-refractivity contribution in [3.05, 3.63) is 53.3 Å². The molecule has 1 aliphatic heterocycles. The summed E-state index contributed by atoms with van der Waals surface area (Å²) in [7, 11) is 0. The van der Waals surface area contributed by atoms with Crippen molar-refractivity contribution in [3.8, 4) is 11.1 Å². The number of aliphatic carboxylic acids is 1. The maximum absolute atomic E-state index is 13.0. The minimum absolute atomic E-state index is 0.292. The number of benzene rings is 2. The molecule has 0 saturated carbocycles. The lowest BCUT2D eigenvalue weighted by atomic mass is 10.0.